The molecular formula is C21H22N2O6S. The summed E-state index contributed by atoms with van der Waals surface area (Å²) in [5.74, 6) is -0.216. The van der Waals surface area contributed by atoms with E-state index in [1.54, 1.807) is 18.2 Å². The average Bonchev–Trinajstić information content (AvgIpc) is 3.20. The van der Waals surface area contributed by atoms with E-state index in [2.05, 4.69) is 10.9 Å². The maximum Gasteiger partial charge on any atom is 0.269 e. The van der Waals surface area contributed by atoms with Crippen LogP contribution in [0.3, 0.4) is 0 Å². The number of hydrogen-bond donors (Lipinski definition) is 2. The molecule has 1 aliphatic rings. The molecule has 1 aliphatic heterocycles. The second kappa shape index (κ2) is 10.0. The molecule has 2 heterocycles. The Bertz CT molecular complexity index is 968. The molecule has 2 aromatic rings. The SMILES string of the molecule is Cc1ccc(C(=O)CCC(=O)CCC(=O)NNC(=O)c2ccc3c(c2)OCCO3)s1. The van der Waals surface area contributed by atoms with Crippen molar-refractivity contribution in [2.75, 3.05) is 13.2 Å². The Balaban J connectivity index is 1.36. The highest BCUT2D eigenvalue weighted by Gasteiger charge is 2.16. The zero-order valence-electron chi connectivity index (χ0n) is 16.5. The van der Waals surface area contributed by atoms with Gasteiger partial charge in [-0.3, -0.25) is 30.0 Å². The molecule has 2 N–H and O–H groups in total. The Labute approximate surface area is 177 Å². The topological polar surface area (TPSA) is 111 Å². The Hall–Kier alpha value is -3.20. The van der Waals surface area contributed by atoms with Gasteiger partial charge in [0, 0.05) is 36.1 Å². The van der Waals surface area contributed by atoms with Crippen molar-refractivity contribution in [3.63, 3.8) is 0 Å². The molecule has 1 aromatic carbocycles. The summed E-state index contributed by atoms with van der Waals surface area (Å²) < 4.78 is 10.8. The Morgan fingerprint density at radius 3 is 2.37 bits per heavy atom. The minimum absolute atomic E-state index is 0.00246. The lowest BCUT2D eigenvalue weighted by Gasteiger charge is -2.18. The highest BCUT2D eigenvalue weighted by atomic mass is 32.1. The summed E-state index contributed by atoms with van der Waals surface area (Å²) in [6.45, 7) is 2.77. The van der Waals surface area contributed by atoms with E-state index < -0.39 is 11.8 Å². The van der Waals surface area contributed by atoms with Crippen molar-refractivity contribution in [2.45, 2.75) is 32.6 Å². The van der Waals surface area contributed by atoms with Crippen LogP contribution in [0.1, 0.15) is 50.6 Å². The first kappa shape index (κ1) is 21.5. The number of ether oxygens (including phenoxy) is 2. The fraction of sp³-hybridized carbons (Fsp3) is 0.333. The second-order valence-electron chi connectivity index (χ2n) is 6.73. The number of Topliss-reactive ketones (excluding diaryl/α,β-unsaturated/α-hetero) is 2. The van der Waals surface area contributed by atoms with E-state index in [9.17, 15) is 19.2 Å². The van der Waals surface area contributed by atoms with Crippen LogP contribution >= 0.6 is 11.3 Å². The van der Waals surface area contributed by atoms with Gasteiger partial charge in [0.05, 0.1) is 4.88 Å². The molecule has 9 heteroatoms. The molecule has 2 amide bonds. The van der Waals surface area contributed by atoms with E-state index in [-0.39, 0.29) is 37.2 Å². The first-order valence-electron chi connectivity index (χ1n) is 9.52. The summed E-state index contributed by atoms with van der Waals surface area (Å²) in [7, 11) is 0. The van der Waals surface area contributed by atoms with Crippen molar-refractivity contribution >= 4 is 34.7 Å². The molecule has 0 atom stereocenters. The highest BCUT2D eigenvalue weighted by molar-refractivity contribution is 7.14. The lowest BCUT2D eigenvalue weighted by molar-refractivity contribution is -0.125. The quantitative estimate of drug-likeness (QED) is 0.492. The summed E-state index contributed by atoms with van der Waals surface area (Å²) >= 11 is 1.40. The van der Waals surface area contributed by atoms with Gasteiger partial charge in [0.2, 0.25) is 5.91 Å². The molecule has 8 nitrogen and oxygen atoms in total. The standard InChI is InChI=1S/C21H22N2O6S/c1-13-2-8-19(30-13)16(25)6-4-15(24)5-9-20(26)22-23-21(27)14-3-7-17-18(12-14)29-11-10-28-17/h2-3,7-8,12H,4-6,9-11H2,1H3,(H,22,26)(H,23,27). The van der Waals surface area contributed by atoms with Crippen molar-refractivity contribution in [2.24, 2.45) is 0 Å². The number of rotatable bonds is 8. The van der Waals surface area contributed by atoms with Gasteiger partial charge < -0.3 is 9.47 Å². The number of hydrazine groups is 1. The van der Waals surface area contributed by atoms with Crippen LogP contribution in [0.4, 0.5) is 0 Å². The van der Waals surface area contributed by atoms with E-state index in [4.69, 9.17) is 9.47 Å². The fourth-order valence-electron chi connectivity index (χ4n) is 2.78. The second-order valence-corrected chi connectivity index (χ2v) is 8.02. The summed E-state index contributed by atoms with van der Waals surface area (Å²) in [6, 6.07) is 8.34. The molecule has 0 saturated heterocycles. The van der Waals surface area contributed by atoms with Crippen LogP contribution < -0.4 is 20.3 Å². The van der Waals surface area contributed by atoms with Crippen LogP contribution in [0.5, 0.6) is 11.5 Å². The van der Waals surface area contributed by atoms with Gasteiger partial charge in [-0.1, -0.05) is 0 Å². The van der Waals surface area contributed by atoms with E-state index in [0.717, 1.165) is 4.88 Å². The van der Waals surface area contributed by atoms with Gasteiger partial charge in [-0.25, -0.2) is 0 Å². The summed E-state index contributed by atoms with van der Waals surface area (Å²) in [5.41, 5.74) is 4.89. The Morgan fingerprint density at radius 1 is 0.900 bits per heavy atom. The van der Waals surface area contributed by atoms with Gasteiger partial charge in [0.25, 0.3) is 5.91 Å². The first-order valence-corrected chi connectivity index (χ1v) is 10.3. The third kappa shape index (κ3) is 5.90. The number of aryl methyl sites for hydroxylation is 1. The molecule has 158 valence electrons. The van der Waals surface area contributed by atoms with E-state index in [1.807, 2.05) is 13.0 Å². The zero-order chi connectivity index (χ0) is 21.5. The first-order chi connectivity index (χ1) is 14.4. The molecule has 30 heavy (non-hydrogen) atoms. The van der Waals surface area contributed by atoms with Crippen LogP contribution in [0.25, 0.3) is 0 Å². The van der Waals surface area contributed by atoms with Crippen molar-refractivity contribution in [1.29, 1.82) is 0 Å². The summed E-state index contributed by atoms with van der Waals surface area (Å²) in [4.78, 5) is 49.7. The average molecular weight is 430 g/mol. The predicted octanol–water partition coefficient (Wildman–Crippen LogP) is 2.60. The largest absolute Gasteiger partial charge is 0.486 e. The third-order valence-corrected chi connectivity index (χ3v) is 5.44. The Morgan fingerprint density at radius 2 is 1.63 bits per heavy atom. The predicted molar refractivity (Wildman–Crippen MR) is 110 cm³/mol. The van der Waals surface area contributed by atoms with E-state index in [1.165, 1.54) is 17.4 Å². The molecule has 0 aliphatic carbocycles. The monoisotopic (exact) mass is 430 g/mol. The van der Waals surface area contributed by atoms with E-state index in [0.29, 0.717) is 35.2 Å². The minimum Gasteiger partial charge on any atom is -0.486 e. The van der Waals surface area contributed by atoms with Crippen LogP contribution in [0, 0.1) is 6.92 Å². The maximum atomic E-state index is 12.2. The number of carbonyl (C=O) groups excluding carboxylic acids is 4. The summed E-state index contributed by atoms with van der Waals surface area (Å²) in [6.07, 6.45) is 0.142. The fourth-order valence-corrected chi connectivity index (χ4v) is 3.62. The number of amides is 2. The zero-order valence-corrected chi connectivity index (χ0v) is 17.3. The number of benzene rings is 1. The Kier molecular flexibility index (Phi) is 7.18. The highest BCUT2D eigenvalue weighted by Crippen LogP contribution is 2.30. The van der Waals surface area contributed by atoms with Crippen molar-refractivity contribution in [3.8, 4) is 11.5 Å². The third-order valence-electron chi connectivity index (χ3n) is 4.40. The van der Waals surface area contributed by atoms with Gasteiger partial charge in [-0.15, -0.1) is 11.3 Å². The van der Waals surface area contributed by atoms with Gasteiger partial charge in [-0.2, -0.15) is 0 Å². The van der Waals surface area contributed by atoms with E-state index >= 15 is 0 Å². The normalized spacial score (nSPS) is 12.2. The van der Waals surface area contributed by atoms with Gasteiger partial charge in [0.1, 0.15) is 19.0 Å². The van der Waals surface area contributed by atoms with Crippen molar-refractivity contribution in [1.82, 2.24) is 10.9 Å². The molecule has 0 spiro atoms. The molecule has 0 bridgehead atoms. The number of fused-ring (bicyclic) bond motifs is 1. The van der Waals surface area contributed by atoms with Crippen LogP contribution in [0.15, 0.2) is 30.3 Å². The molecule has 0 unspecified atom stereocenters. The van der Waals surface area contributed by atoms with Crippen LogP contribution in [0.2, 0.25) is 0 Å². The van der Waals surface area contributed by atoms with Gasteiger partial charge in [0.15, 0.2) is 17.3 Å². The number of thiophene rings is 1. The minimum atomic E-state index is -0.511. The molecule has 0 radical (unpaired) electrons. The number of ketones is 2. The number of carbonyl (C=O) groups is 4. The van der Waals surface area contributed by atoms with Gasteiger partial charge in [-0.05, 0) is 37.3 Å². The lowest BCUT2D eigenvalue weighted by Crippen LogP contribution is -2.41. The van der Waals surface area contributed by atoms with Crippen molar-refractivity contribution < 1.29 is 28.7 Å². The summed E-state index contributed by atoms with van der Waals surface area (Å²) in [5, 5.41) is 0. The molecule has 0 fully saturated rings. The van der Waals surface area contributed by atoms with Crippen LogP contribution in [-0.2, 0) is 9.59 Å². The smallest absolute Gasteiger partial charge is 0.269 e. The maximum absolute atomic E-state index is 12.2. The molecular weight excluding hydrogens is 408 g/mol. The number of hydrogen-bond acceptors (Lipinski definition) is 7. The van der Waals surface area contributed by atoms with Gasteiger partial charge >= 0.3 is 0 Å². The molecule has 1 aromatic heterocycles. The lowest BCUT2D eigenvalue weighted by atomic mass is 10.1. The molecule has 0 saturated carbocycles. The van der Waals surface area contributed by atoms with Crippen LogP contribution in [-0.4, -0.2) is 36.6 Å². The molecule has 3 rings (SSSR count). The van der Waals surface area contributed by atoms with Crippen molar-refractivity contribution in [3.05, 3.63) is 45.6 Å². The number of nitrogens with one attached hydrogen (secondary N) is 2.